The van der Waals surface area contributed by atoms with Gasteiger partial charge in [0.2, 0.25) is 0 Å². The van der Waals surface area contributed by atoms with Crippen LogP contribution in [0.4, 0.5) is 0 Å². The van der Waals surface area contributed by atoms with Crippen molar-refractivity contribution in [1.82, 2.24) is 0 Å². The van der Waals surface area contributed by atoms with Crippen LogP contribution in [0, 0.1) is 11.3 Å². The van der Waals surface area contributed by atoms with E-state index in [2.05, 4.69) is 20.8 Å². The van der Waals surface area contributed by atoms with Crippen molar-refractivity contribution in [2.75, 3.05) is 0 Å². The zero-order valence-electron chi connectivity index (χ0n) is 7.20. The molecule has 0 bridgehead atoms. The van der Waals surface area contributed by atoms with Crippen molar-refractivity contribution >= 4 is 0 Å². The van der Waals surface area contributed by atoms with Gasteiger partial charge in [0.05, 0.1) is 0 Å². The van der Waals surface area contributed by atoms with Crippen LogP contribution in [0.25, 0.3) is 0 Å². The highest BCUT2D eigenvalue weighted by Crippen LogP contribution is 2.61. The number of hydrogen-bond acceptors (Lipinski definition) is 0. The van der Waals surface area contributed by atoms with Gasteiger partial charge in [0.1, 0.15) is 0 Å². The first-order valence-corrected chi connectivity index (χ1v) is 4.35. The zero-order chi connectivity index (χ0) is 7.35. The first-order valence-electron chi connectivity index (χ1n) is 4.35. The van der Waals surface area contributed by atoms with Gasteiger partial charge in [0, 0.05) is 5.41 Å². The third-order valence-corrected chi connectivity index (χ3v) is 3.57. The van der Waals surface area contributed by atoms with Crippen molar-refractivity contribution in [2.24, 2.45) is 11.3 Å². The van der Waals surface area contributed by atoms with E-state index in [1.54, 1.807) is 11.1 Å². The molecule has 2 rings (SSSR count). The Morgan fingerprint density at radius 2 is 2.20 bits per heavy atom. The minimum absolute atomic E-state index is 0.618. The van der Waals surface area contributed by atoms with Gasteiger partial charge >= 0.3 is 0 Å². The lowest BCUT2D eigenvalue weighted by Gasteiger charge is -2.23. The summed E-state index contributed by atoms with van der Waals surface area (Å²) >= 11 is 0. The summed E-state index contributed by atoms with van der Waals surface area (Å²) < 4.78 is 0. The second kappa shape index (κ2) is 1.66. The van der Waals surface area contributed by atoms with Crippen LogP contribution >= 0.6 is 0 Å². The first-order chi connectivity index (χ1) is 4.64. The van der Waals surface area contributed by atoms with E-state index in [9.17, 15) is 0 Å². The van der Waals surface area contributed by atoms with E-state index in [0.717, 1.165) is 5.92 Å². The van der Waals surface area contributed by atoms with Crippen LogP contribution in [-0.4, -0.2) is 0 Å². The summed E-state index contributed by atoms with van der Waals surface area (Å²) in [5.41, 5.74) is 4.11. The first kappa shape index (κ1) is 6.45. The van der Waals surface area contributed by atoms with Crippen molar-refractivity contribution in [2.45, 2.75) is 40.0 Å². The van der Waals surface area contributed by atoms with Crippen molar-refractivity contribution < 1.29 is 0 Å². The highest BCUT2D eigenvalue weighted by Gasteiger charge is 2.48. The van der Waals surface area contributed by atoms with Gasteiger partial charge in [-0.1, -0.05) is 25.0 Å². The molecule has 0 spiro atoms. The van der Waals surface area contributed by atoms with Crippen molar-refractivity contribution in [3.63, 3.8) is 0 Å². The lowest BCUT2D eigenvalue weighted by atomic mass is 9.82. The third-order valence-electron chi connectivity index (χ3n) is 3.57. The van der Waals surface area contributed by atoms with E-state index in [-0.39, 0.29) is 0 Å². The van der Waals surface area contributed by atoms with Crippen LogP contribution < -0.4 is 0 Å². The molecule has 1 fully saturated rings. The lowest BCUT2D eigenvalue weighted by molar-refractivity contribution is 0.370. The molecular weight excluding hydrogens is 120 g/mol. The zero-order valence-corrected chi connectivity index (χ0v) is 7.20. The Balaban J connectivity index is 2.15. The summed E-state index contributed by atoms with van der Waals surface area (Å²) in [7, 11) is 0. The molecule has 0 heterocycles. The fourth-order valence-corrected chi connectivity index (χ4v) is 2.37. The standard InChI is InChI=1S/C10H16/c1-7-4-5-10(3)8(2)9(10)6-7/h7H,4-6H2,1-3H3. The molecule has 0 aliphatic heterocycles. The van der Waals surface area contributed by atoms with Gasteiger partial charge in [-0.3, -0.25) is 0 Å². The topological polar surface area (TPSA) is 0 Å². The summed E-state index contributed by atoms with van der Waals surface area (Å²) in [4.78, 5) is 0. The average Bonchev–Trinajstić information content (AvgIpc) is 2.40. The molecule has 10 heavy (non-hydrogen) atoms. The summed E-state index contributed by atoms with van der Waals surface area (Å²) in [6.07, 6.45) is 4.26. The number of allylic oxidation sites excluding steroid dienone is 2. The molecule has 0 amide bonds. The molecule has 1 saturated carbocycles. The third kappa shape index (κ3) is 0.624. The van der Waals surface area contributed by atoms with E-state index < -0.39 is 0 Å². The Morgan fingerprint density at radius 1 is 1.50 bits per heavy atom. The van der Waals surface area contributed by atoms with Crippen LogP contribution in [0.1, 0.15) is 40.0 Å². The van der Waals surface area contributed by atoms with Gasteiger partial charge in [0.15, 0.2) is 0 Å². The molecule has 2 atom stereocenters. The predicted molar refractivity (Wildman–Crippen MR) is 43.8 cm³/mol. The molecule has 56 valence electrons. The van der Waals surface area contributed by atoms with E-state index in [0.29, 0.717) is 5.41 Å². The molecule has 2 aliphatic rings. The highest BCUT2D eigenvalue weighted by atomic mass is 14.5. The molecule has 0 nitrogen and oxygen atoms in total. The molecule has 2 aliphatic carbocycles. The second-order valence-electron chi connectivity index (χ2n) is 4.28. The molecule has 0 radical (unpaired) electrons. The van der Waals surface area contributed by atoms with Gasteiger partial charge in [-0.05, 0) is 32.1 Å². The molecule has 0 aromatic rings. The van der Waals surface area contributed by atoms with Crippen LogP contribution in [0.15, 0.2) is 11.1 Å². The van der Waals surface area contributed by atoms with Gasteiger partial charge in [0.25, 0.3) is 0 Å². The fraction of sp³-hybridized carbons (Fsp3) is 0.800. The van der Waals surface area contributed by atoms with Crippen LogP contribution in [-0.2, 0) is 0 Å². The maximum Gasteiger partial charge on any atom is 0.00955 e. The molecule has 0 aromatic carbocycles. The Hall–Kier alpha value is -0.260. The Labute approximate surface area is 63.3 Å². The molecule has 0 aromatic heterocycles. The smallest absolute Gasteiger partial charge is 0.00955 e. The number of fused-ring (bicyclic) bond motifs is 1. The second-order valence-corrected chi connectivity index (χ2v) is 4.28. The summed E-state index contributed by atoms with van der Waals surface area (Å²) in [6.45, 7) is 7.09. The van der Waals surface area contributed by atoms with Gasteiger partial charge in [-0.15, -0.1) is 0 Å². The fourth-order valence-electron chi connectivity index (χ4n) is 2.37. The minimum atomic E-state index is 0.618. The van der Waals surface area contributed by atoms with E-state index in [4.69, 9.17) is 0 Å². The minimum Gasteiger partial charge on any atom is -0.0632 e. The van der Waals surface area contributed by atoms with Gasteiger partial charge in [-0.2, -0.15) is 0 Å². The van der Waals surface area contributed by atoms with Gasteiger partial charge in [-0.25, -0.2) is 0 Å². The van der Waals surface area contributed by atoms with Crippen molar-refractivity contribution in [3.8, 4) is 0 Å². The maximum absolute atomic E-state index is 2.41. The largest absolute Gasteiger partial charge is 0.0632 e. The summed E-state index contributed by atoms with van der Waals surface area (Å²) in [5, 5.41) is 0. The van der Waals surface area contributed by atoms with Crippen LogP contribution in [0.2, 0.25) is 0 Å². The van der Waals surface area contributed by atoms with Crippen LogP contribution in [0.3, 0.4) is 0 Å². The van der Waals surface area contributed by atoms with Gasteiger partial charge < -0.3 is 0 Å². The van der Waals surface area contributed by atoms with E-state index in [1.807, 2.05) is 0 Å². The normalized spacial score (nSPS) is 45.3. The van der Waals surface area contributed by atoms with Crippen molar-refractivity contribution in [3.05, 3.63) is 11.1 Å². The summed E-state index contributed by atoms with van der Waals surface area (Å²) in [6, 6.07) is 0. The summed E-state index contributed by atoms with van der Waals surface area (Å²) in [5.74, 6) is 0.959. The van der Waals surface area contributed by atoms with E-state index >= 15 is 0 Å². The number of hydrogen-bond donors (Lipinski definition) is 0. The molecule has 0 heteroatoms. The Kier molecular flexibility index (Phi) is 1.07. The van der Waals surface area contributed by atoms with Crippen molar-refractivity contribution in [1.29, 1.82) is 0 Å². The monoisotopic (exact) mass is 136 g/mol. The lowest BCUT2D eigenvalue weighted by Crippen LogP contribution is -2.11. The Bertz CT molecular complexity index is 200. The molecule has 2 unspecified atom stereocenters. The average molecular weight is 136 g/mol. The van der Waals surface area contributed by atoms with E-state index in [1.165, 1.54) is 19.3 Å². The number of rotatable bonds is 0. The molecule has 0 saturated heterocycles. The highest BCUT2D eigenvalue weighted by molar-refractivity contribution is 5.47. The quantitative estimate of drug-likeness (QED) is 0.449. The Morgan fingerprint density at radius 3 is 2.70 bits per heavy atom. The maximum atomic E-state index is 2.41. The predicted octanol–water partition coefficient (Wildman–Crippen LogP) is 3.14. The molecule has 0 N–H and O–H groups in total. The van der Waals surface area contributed by atoms with Crippen LogP contribution in [0.5, 0.6) is 0 Å². The molecular formula is C10H16. The SMILES string of the molecule is CC1=C2CC(C)CCC12C.